The third-order valence-electron chi connectivity index (χ3n) is 4.41. The highest BCUT2D eigenvalue weighted by Gasteiger charge is 2.10. The normalized spacial score (nSPS) is 11.2. The number of carbonyl (C=O) groups excluding carboxylic acids is 1. The van der Waals surface area contributed by atoms with Crippen molar-refractivity contribution in [2.75, 3.05) is 6.61 Å². The van der Waals surface area contributed by atoms with Gasteiger partial charge in [-0.1, -0.05) is 0 Å². The molecule has 0 unspecified atom stereocenters. The first kappa shape index (κ1) is 17.3. The molecule has 132 valence electrons. The molecule has 0 radical (unpaired) electrons. The number of aryl methyl sites for hydroxylation is 3. The minimum Gasteiger partial charge on any atom is -0.492 e. The Kier molecular flexibility index (Phi) is 5.22. The van der Waals surface area contributed by atoms with Crippen molar-refractivity contribution in [2.24, 2.45) is 0 Å². The van der Waals surface area contributed by atoms with Crippen molar-refractivity contribution >= 4 is 16.7 Å². The zero-order chi connectivity index (χ0) is 17.8. The molecule has 0 atom stereocenters. The summed E-state index contributed by atoms with van der Waals surface area (Å²) in [6, 6.07) is 8.13. The van der Waals surface area contributed by atoms with E-state index in [-0.39, 0.29) is 5.78 Å². The maximum Gasteiger partial charge on any atom is 0.129 e. The smallest absolute Gasteiger partial charge is 0.129 e. The summed E-state index contributed by atoms with van der Waals surface area (Å²) in [5.41, 5.74) is 4.58. The molecule has 0 saturated heterocycles. The van der Waals surface area contributed by atoms with Crippen LogP contribution in [0, 0.1) is 13.8 Å². The number of nitrogens with one attached hydrogen (secondary N) is 1. The third-order valence-corrected chi connectivity index (χ3v) is 4.41. The number of aromatic amines is 1. The highest BCUT2D eigenvalue weighted by molar-refractivity contribution is 5.86. The Morgan fingerprint density at radius 2 is 2.12 bits per heavy atom. The number of hydrogen-bond acceptors (Lipinski definition) is 3. The van der Waals surface area contributed by atoms with E-state index in [1.54, 1.807) is 6.92 Å². The average Bonchev–Trinajstić information content (AvgIpc) is 3.11. The lowest BCUT2D eigenvalue weighted by molar-refractivity contribution is -0.117. The van der Waals surface area contributed by atoms with E-state index in [2.05, 4.69) is 29.1 Å². The summed E-state index contributed by atoms with van der Waals surface area (Å²) in [4.78, 5) is 14.6. The number of rotatable bonds is 8. The number of ether oxygens (including phenoxy) is 1. The first-order chi connectivity index (χ1) is 12.0. The van der Waals surface area contributed by atoms with E-state index in [1.807, 2.05) is 29.9 Å². The van der Waals surface area contributed by atoms with Crippen molar-refractivity contribution in [3.63, 3.8) is 0 Å². The van der Waals surface area contributed by atoms with Gasteiger partial charge < -0.3 is 14.5 Å². The molecule has 0 aliphatic heterocycles. The molecule has 3 rings (SSSR count). The Hall–Kier alpha value is -2.56. The number of hydrogen-bond donors (Lipinski definition) is 1. The molecule has 5 nitrogen and oxygen atoms in total. The first-order valence-corrected chi connectivity index (χ1v) is 8.76. The maximum absolute atomic E-state index is 11.2. The van der Waals surface area contributed by atoms with Gasteiger partial charge in [0.1, 0.15) is 18.1 Å². The second kappa shape index (κ2) is 7.55. The van der Waals surface area contributed by atoms with Crippen LogP contribution in [0.15, 0.2) is 30.5 Å². The van der Waals surface area contributed by atoms with Crippen LogP contribution in [0.5, 0.6) is 5.75 Å². The first-order valence-electron chi connectivity index (χ1n) is 8.76. The fourth-order valence-electron chi connectivity index (χ4n) is 3.13. The quantitative estimate of drug-likeness (QED) is 0.675. The van der Waals surface area contributed by atoms with Gasteiger partial charge in [0.05, 0.1) is 12.2 Å². The Labute approximate surface area is 148 Å². The molecule has 5 heteroatoms. The van der Waals surface area contributed by atoms with E-state index >= 15 is 0 Å². The van der Waals surface area contributed by atoms with Crippen LogP contribution in [0.3, 0.4) is 0 Å². The van der Waals surface area contributed by atoms with E-state index in [0.717, 1.165) is 36.3 Å². The van der Waals surface area contributed by atoms with Crippen molar-refractivity contribution in [3.8, 4) is 5.75 Å². The van der Waals surface area contributed by atoms with Gasteiger partial charge in [0, 0.05) is 29.2 Å². The van der Waals surface area contributed by atoms with Crippen LogP contribution in [0.1, 0.15) is 36.7 Å². The molecule has 0 aliphatic rings. The van der Waals surface area contributed by atoms with Gasteiger partial charge in [0.2, 0.25) is 0 Å². The van der Waals surface area contributed by atoms with E-state index in [1.165, 1.54) is 16.6 Å². The van der Waals surface area contributed by atoms with Gasteiger partial charge in [0.15, 0.2) is 0 Å². The van der Waals surface area contributed by atoms with Crippen LogP contribution in [0.25, 0.3) is 10.9 Å². The summed E-state index contributed by atoms with van der Waals surface area (Å²) in [6.45, 7) is 7.02. The topological polar surface area (TPSA) is 59.9 Å². The summed E-state index contributed by atoms with van der Waals surface area (Å²) in [5, 5.41) is 5.55. The minimum atomic E-state index is 0.246. The molecule has 0 aliphatic carbocycles. The summed E-state index contributed by atoms with van der Waals surface area (Å²) in [7, 11) is 0. The highest BCUT2D eigenvalue weighted by Crippen LogP contribution is 2.27. The summed E-state index contributed by atoms with van der Waals surface area (Å²) in [6.07, 6.45) is 4.38. The summed E-state index contributed by atoms with van der Waals surface area (Å²) >= 11 is 0. The van der Waals surface area contributed by atoms with E-state index < -0.39 is 0 Å². The number of carbonyl (C=O) groups is 1. The van der Waals surface area contributed by atoms with Gasteiger partial charge >= 0.3 is 0 Å². The molecule has 25 heavy (non-hydrogen) atoms. The largest absolute Gasteiger partial charge is 0.492 e. The summed E-state index contributed by atoms with van der Waals surface area (Å²) in [5.74, 6) is 1.11. The fraction of sp³-hybridized carbons (Fsp3) is 0.400. The molecule has 1 aromatic carbocycles. The van der Waals surface area contributed by atoms with Gasteiger partial charge in [0.25, 0.3) is 0 Å². The Bertz CT molecular complexity index is 876. The third kappa shape index (κ3) is 4.29. The molecule has 3 aromatic rings. The minimum absolute atomic E-state index is 0.246. The lowest BCUT2D eigenvalue weighted by atomic mass is 10.0. The molecule has 0 fully saturated rings. The van der Waals surface area contributed by atoms with Crippen molar-refractivity contribution in [2.45, 2.75) is 46.6 Å². The summed E-state index contributed by atoms with van der Waals surface area (Å²) < 4.78 is 7.80. The molecule has 0 spiro atoms. The van der Waals surface area contributed by atoms with Crippen molar-refractivity contribution in [1.29, 1.82) is 0 Å². The van der Waals surface area contributed by atoms with Crippen LogP contribution >= 0.6 is 0 Å². The van der Waals surface area contributed by atoms with Crippen LogP contribution in [-0.2, 0) is 17.8 Å². The maximum atomic E-state index is 11.2. The van der Waals surface area contributed by atoms with Gasteiger partial charge in [-0.15, -0.1) is 0 Å². The SMILES string of the molecule is CC(=O)CCCc1c(C)[nH]c2ccc(OCCn3ccc(C)n3)cc12. The number of ketones is 1. The lowest BCUT2D eigenvalue weighted by Crippen LogP contribution is -2.08. The zero-order valence-electron chi connectivity index (χ0n) is 15.1. The lowest BCUT2D eigenvalue weighted by Gasteiger charge is -2.07. The van der Waals surface area contributed by atoms with Crippen LogP contribution in [0.4, 0.5) is 0 Å². The fourth-order valence-corrected chi connectivity index (χ4v) is 3.13. The molecule has 0 saturated carbocycles. The number of Topliss-reactive ketones (excluding diaryl/α,β-unsaturated/α-hetero) is 1. The van der Waals surface area contributed by atoms with Crippen LogP contribution < -0.4 is 4.74 Å². The van der Waals surface area contributed by atoms with Crippen LogP contribution in [0.2, 0.25) is 0 Å². The standard InChI is InChI=1S/C20H25N3O2/c1-14-9-10-23(22-14)11-12-25-17-7-8-20-19(13-17)18(16(3)21-20)6-4-5-15(2)24/h7-10,13,21H,4-6,11-12H2,1-3H3. The zero-order valence-corrected chi connectivity index (χ0v) is 15.1. The number of fused-ring (bicyclic) bond motifs is 1. The molecule has 2 heterocycles. The van der Waals surface area contributed by atoms with Gasteiger partial charge in [-0.2, -0.15) is 5.10 Å². The van der Waals surface area contributed by atoms with Crippen molar-refractivity contribution in [3.05, 3.63) is 47.4 Å². The van der Waals surface area contributed by atoms with Gasteiger partial charge in [-0.25, -0.2) is 0 Å². The number of nitrogens with zero attached hydrogens (tertiary/aromatic N) is 2. The Balaban J connectivity index is 1.68. The Morgan fingerprint density at radius 1 is 1.28 bits per heavy atom. The van der Waals surface area contributed by atoms with Crippen LogP contribution in [-0.4, -0.2) is 27.2 Å². The molecule has 1 N–H and O–H groups in total. The van der Waals surface area contributed by atoms with E-state index in [9.17, 15) is 4.79 Å². The van der Waals surface area contributed by atoms with Gasteiger partial charge in [-0.3, -0.25) is 4.68 Å². The van der Waals surface area contributed by atoms with Crippen molar-refractivity contribution in [1.82, 2.24) is 14.8 Å². The number of H-pyrrole nitrogens is 1. The average molecular weight is 339 g/mol. The Morgan fingerprint density at radius 3 is 2.84 bits per heavy atom. The van der Waals surface area contributed by atoms with Gasteiger partial charge in [-0.05, 0) is 63.4 Å². The highest BCUT2D eigenvalue weighted by atomic mass is 16.5. The van der Waals surface area contributed by atoms with E-state index in [4.69, 9.17) is 4.74 Å². The second-order valence-corrected chi connectivity index (χ2v) is 6.56. The molecule has 2 aromatic heterocycles. The molecular weight excluding hydrogens is 314 g/mol. The predicted molar refractivity (Wildman–Crippen MR) is 99.1 cm³/mol. The monoisotopic (exact) mass is 339 g/mol. The van der Waals surface area contributed by atoms with Crippen molar-refractivity contribution < 1.29 is 9.53 Å². The molecule has 0 amide bonds. The molecule has 0 bridgehead atoms. The second-order valence-electron chi connectivity index (χ2n) is 6.56. The molecular formula is C20H25N3O2. The number of aromatic nitrogens is 3. The van der Waals surface area contributed by atoms with E-state index in [0.29, 0.717) is 13.0 Å². The number of benzene rings is 1. The predicted octanol–water partition coefficient (Wildman–Crippen LogP) is 3.97.